The van der Waals surface area contributed by atoms with E-state index in [1.54, 1.807) is 0 Å². The molecule has 116 valence electrons. The van der Waals surface area contributed by atoms with Gasteiger partial charge in [0, 0.05) is 18.7 Å². The molecule has 1 saturated heterocycles. The number of nitrogens with zero attached hydrogens (tertiary/aromatic N) is 1. The smallest absolute Gasteiger partial charge is 0.226 e. The van der Waals surface area contributed by atoms with Crippen molar-refractivity contribution in [2.24, 2.45) is 5.92 Å². The molecule has 1 amide bonds. The standard InChI is InChI=1S/C18H28N2O/c1-4-20(17-12-14(2)11-15(3)13-17)18(21)6-5-16-7-9-19-10-8-16/h11-13,16,19H,4-10H2,1-3H3. The second kappa shape index (κ2) is 7.60. The van der Waals surface area contributed by atoms with Crippen LogP contribution < -0.4 is 10.2 Å². The first kappa shape index (κ1) is 16.0. The van der Waals surface area contributed by atoms with Crippen LogP contribution in [0.25, 0.3) is 0 Å². The van der Waals surface area contributed by atoms with Crippen LogP contribution in [0.4, 0.5) is 5.69 Å². The Hall–Kier alpha value is -1.35. The molecule has 3 heteroatoms. The lowest BCUT2D eigenvalue weighted by atomic mass is 9.93. The maximum Gasteiger partial charge on any atom is 0.226 e. The van der Waals surface area contributed by atoms with Gasteiger partial charge in [-0.15, -0.1) is 0 Å². The van der Waals surface area contributed by atoms with E-state index in [1.807, 2.05) is 4.90 Å². The van der Waals surface area contributed by atoms with Crippen molar-refractivity contribution in [3.8, 4) is 0 Å². The largest absolute Gasteiger partial charge is 0.317 e. The van der Waals surface area contributed by atoms with Crippen LogP contribution in [0.1, 0.15) is 43.7 Å². The first-order valence-corrected chi connectivity index (χ1v) is 8.19. The SMILES string of the molecule is CCN(C(=O)CCC1CCNCC1)c1cc(C)cc(C)c1. The molecular weight excluding hydrogens is 260 g/mol. The van der Waals surface area contributed by atoms with Gasteiger partial charge in [0.15, 0.2) is 0 Å². The summed E-state index contributed by atoms with van der Waals surface area (Å²) in [5, 5.41) is 3.38. The van der Waals surface area contributed by atoms with E-state index >= 15 is 0 Å². The Morgan fingerprint density at radius 2 is 1.81 bits per heavy atom. The summed E-state index contributed by atoms with van der Waals surface area (Å²) in [6.07, 6.45) is 4.12. The summed E-state index contributed by atoms with van der Waals surface area (Å²) in [4.78, 5) is 14.5. The Labute approximate surface area is 128 Å². The van der Waals surface area contributed by atoms with Crippen molar-refractivity contribution in [1.29, 1.82) is 0 Å². The highest BCUT2D eigenvalue weighted by molar-refractivity contribution is 5.93. The van der Waals surface area contributed by atoms with Crippen LogP contribution in [-0.4, -0.2) is 25.5 Å². The van der Waals surface area contributed by atoms with Gasteiger partial charge in [-0.1, -0.05) is 6.07 Å². The predicted molar refractivity (Wildman–Crippen MR) is 88.8 cm³/mol. The number of amides is 1. The third-order valence-electron chi connectivity index (χ3n) is 4.36. The lowest BCUT2D eigenvalue weighted by molar-refractivity contribution is -0.118. The molecule has 1 aromatic carbocycles. The summed E-state index contributed by atoms with van der Waals surface area (Å²) < 4.78 is 0. The maximum atomic E-state index is 12.6. The van der Waals surface area contributed by atoms with E-state index in [2.05, 4.69) is 44.3 Å². The van der Waals surface area contributed by atoms with Gasteiger partial charge in [0.1, 0.15) is 0 Å². The number of carbonyl (C=O) groups excluding carboxylic acids is 1. The second-order valence-corrected chi connectivity index (χ2v) is 6.22. The fraction of sp³-hybridized carbons (Fsp3) is 0.611. The van der Waals surface area contributed by atoms with Crippen LogP contribution in [0.3, 0.4) is 0 Å². The van der Waals surface area contributed by atoms with Crippen molar-refractivity contribution < 1.29 is 4.79 Å². The molecule has 1 aliphatic heterocycles. The Balaban J connectivity index is 1.97. The molecule has 0 saturated carbocycles. The lowest BCUT2D eigenvalue weighted by Crippen LogP contribution is -2.32. The molecule has 0 aromatic heterocycles. The van der Waals surface area contributed by atoms with E-state index in [0.29, 0.717) is 12.3 Å². The van der Waals surface area contributed by atoms with Gasteiger partial charge in [-0.05, 0) is 82.3 Å². The summed E-state index contributed by atoms with van der Waals surface area (Å²) in [7, 11) is 0. The van der Waals surface area contributed by atoms with Crippen LogP contribution in [0.2, 0.25) is 0 Å². The van der Waals surface area contributed by atoms with Gasteiger partial charge < -0.3 is 10.2 Å². The molecule has 0 radical (unpaired) electrons. The third kappa shape index (κ3) is 4.57. The van der Waals surface area contributed by atoms with Crippen LogP contribution in [0, 0.1) is 19.8 Å². The van der Waals surface area contributed by atoms with Crippen molar-refractivity contribution in [1.82, 2.24) is 5.32 Å². The van der Waals surface area contributed by atoms with Gasteiger partial charge in [0.2, 0.25) is 5.91 Å². The van der Waals surface area contributed by atoms with Gasteiger partial charge in [0.05, 0.1) is 0 Å². The average molecular weight is 288 g/mol. The highest BCUT2D eigenvalue weighted by atomic mass is 16.2. The minimum Gasteiger partial charge on any atom is -0.317 e. The van der Waals surface area contributed by atoms with Crippen molar-refractivity contribution in [2.75, 3.05) is 24.5 Å². The molecule has 0 unspecified atom stereocenters. The minimum atomic E-state index is 0.265. The van der Waals surface area contributed by atoms with E-state index in [9.17, 15) is 4.79 Å². The van der Waals surface area contributed by atoms with Gasteiger partial charge >= 0.3 is 0 Å². The van der Waals surface area contributed by atoms with Crippen LogP contribution in [0.15, 0.2) is 18.2 Å². The highest BCUT2D eigenvalue weighted by Crippen LogP contribution is 2.22. The summed E-state index contributed by atoms with van der Waals surface area (Å²) >= 11 is 0. The summed E-state index contributed by atoms with van der Waals surface area (Å²) in [5.74, 6) is 0.981. The zero-order chi connectivity index (χ0) is 15.2. The molecule has 0 aliphatic carbocycles. The number of hydrogen-bond acceptors (Lipinski definition) is 2. The van der Waals surface area contributed by atoms with Gasteiger partial charge in [-0.3, -0.25) is 4.79 Å². The fourth-order valence-corrected chi connectivity index (χ4v) is 3.24. The maximum absolute atomic E-state index is 12.6. The second-order valence-electron chi connectivity index (χ2n) is 6.22. The zero-order valence-corrected chi connectivity index (χ0v) is 13.6. The molecular formula is C18H28N2O. The van der Waals surface area contributed by atoms with E-state index in [4.69, 9.17) is 0 Å². The lowest BCUT2D eigenvalue weighted by Gasteiger charge is -2.25. The molecule has 1 aromatic rings. The predicted octanol–water partition coefficient (Wildman–Crippen LogP) is 3.44. The van der Waals surface area contributed by atoms with Crippen LogP contribution >= 0.6 is 0 Å². The number of piperidine rings is 1. The average Bonchev–Trinajstić information content (AvgIpc) is 2.46. The molecule has 3 nitrogen and oxygen atoms in total. The number of rotatable bonds is 5. The van der Waals surface area contributed by atoms with E-state index in [-0.39, 0.29) is 5.91 Å². The molecule has 0 spiro atoms. The van der Waals surface area contributed by atoms with Crippen molar-refractivity contribution in [2.45, 2.75) is 46.5 Å². The normalized spacial score (nSPS) is 16.0. The number of nitrogens with one attached hydrogen (secondary N) is 1. The van der Waals surface area contributed by atoms with Gasteiger partial charge in [0.25, 0.3) is 0 Å². The topological polar surface area (TPSA) is 32.3 Å². The summed E-state index contributed by atoms with van der Waals surface area (Å²) in [6.45, 7) is 9.18. The third-order valence-corrected chi connectivity index (χ3v) is 4.36. The van der Waals surface area contributed by atoms with E-state index < -0.39 is 0 Å². The molecule has 1 N–H and O–H groups in total. The molecule has 2 rings (SSSR count). The number of benzene rings is 1. The number of hydrogen-bond donors (Lipinski definition) is 1. The fourth-order valence-electron chi connectivity index (χ4n) is 3.24. The molecule has 0 bridgehead atoms. The summed E-state index contributed by atoms with van der Waals surface area (Å²) in [6, 6.07) is 6.37. The van der Waals surface area contributed by atoms with Crippen molar-refractivity contribution in [3.63, 3.8) is 0 Å². The van der Waals surface area contributed by atoms with Crippen molar-refractivity contribution in [3.05, 3.63) is 29.3 Å². The zero-order valence-electron chi connectivity index (χ0n) is 13.6. The number of aryl methyl sites for hydroxylation is 2. The highest BCUT2D eigenvalue weighted by Gasteiger charge is 2.18. The monoisotopic (exact) mass is 288 g/mol. The molecule has 0 atom stereocenters. The number of anilines is 1. The first-order chi connectivity index (χ1) is 10.1. The van der Waals surface area contributed by atoms with Crippen molar-refractivity contribution >= 4 is 11.6 Å². The Morgan fingerprint density at radius 3 is 2.38 bits per heavy atom. The quantitative estimate of drug-likeness (QED) is 0.900. The Kier molecular flexibility index (Phi) is 5.80. The molecule has 1 aliphatic rings. The molecule has 1 heterocycles. The van der Waals surface area contributed by atoms with Crippen LogP contribution in [0.5, 0.6) is 0 Å². The molecule has 21 heavy (non-hydrogen) atoms. The van der Waals surface area contributed by atoms with E-state index in [0.717, 1.165) is 31.7 Å². The van der Waals surface area contributed by atoms with E-state index in [1.165, 1.54) is 24.0 Å². The summed E-state index contributed by atoms with van der Waals surface area (Å²) in [5.41, 5.74) is 3.48. The van der Waals surface area contributed by atoms with Gasteiger partial charge in [-0.2, -0.15) is 0 Å². The van der Waals surface area contributed by atoms with Crippen LogP contribution in [-0.2, 0) is 4.79 Å². The number of carbonyl (C=O) groups is 1. The Morgan fingerprint density at radius 1 is 1.19 bits per heavy atom. The molecule has 1 fully saturated rings. The minimum absolute atomic E-state index is 0.265. The first-order valence-electron chi connectivity index (χ1n) is 8.19. The Bertz CT molecular complexity index is 458. The van der Waals surface area contributed by atoms with Gasteiger partial charge in [-0.25, -0.2) is 0 Å².